The molecule has 0 aliphatic carbocycles. The Morgan fingerprint density at radius 2 is 1.18 bits per heavy atom. The number of carbonyl (C=O) groups excluding carboxylic acids is 2. The molecule has 3 aromatic rings. The largest absolute Gasteiger partial charge is 0.302 e. The predicted molar refractivity (Wildman–Crippen MR) is 138 cm³/mol. The van der Waals surface area contributed by atoms with Gasteiger partial charge in [0.05, 0.1) is 0 Å². The van der Waals surface area contributed by atoms with Crippen LogP contribution in [0.4, 0.5) is 0 Å². The number of hydrogen-bond donors (Lipinski definition) is 0. The molecule has 0 radical (unpaired) electrons. The Hall–Kier alpha value is -2.77. The first-order valence-corrected chi connectivity index (χ1v) is 13.2. The van der Waals surface area contributed by atoms with Crippen LogP contribution in [0.15, 0.2) is 48.5 Å². The van der Waals surface area contributed by atoms with Crippen molar-refractivity contribution in [2.24, 2.45) is 0 Å². The van der Waals surface area contributed by atoms with Gasteiger partial charge in [0.1, 0.15) is 0 Å². The predicted octanol–water partition coefficient (Wildman–Crippen LogP) is 7.16. The quantitative estimate of drug-likeness (QED) is 0.352. The molecule has 0 spiro atoms. The molecule has 3 aromatic carbocycles. The van der Waals surface area contributed by atoms with E-state index in [2.05, 4.69) is 6.92 Å². The van der Waals surface area contributed by atoms with Crippen LogP contribution in [-0.2, 0) is 11.0 Å². The molecule has 0 saturated heterocycles. The zero-order valence-corrected chi connectivity index (χ0v) is 21.6. The molecule has 3 rings (SSSR count). The highest BCUT2D eigenvalue weighted by molar-refractivity contribution is 8.01. The highest BCUT2D eigenvalue weighted by Gasteiger charge is 2.45. The van der Waals surface area contributed by atoms with Crippen LogP contribution >= 0.6 is 7.14 Å². The van der Waals surface area contributed by atoms with Crippen LogP contribution in [0, 0.1) is 41.5 Å². The molecule has 1 atom stereocenters. The highest BCUT2D eigenvalue weighted by atomic mass is 31.2. The van der Waals surface area contributed by atoms with Gasteiger partial charge in [-0.2, -0.15) is 0 Å². The van der Waals surface area contributed by atoms with E-state index in [0.717, 1.165) is 39.8 Å². The molecule has 33 heavy (non-hydrogen) atoms. The first-order valence-electron chi connectivity index (χ1n) is 11.5. The standard InChI is InChI=1S/C29H33O3P/c1-8-11-24-17-19(3)16-23(7)27(24)29(31)33(32,25-13-10-9-12-20(25)4)28(30)26-21(5)14-18(2)15-22(26)6/h9-10,12-17H,8,11H2,1-7H3. The van der Waals surface area contributed by atoms with Crippen LogP contribution in [0.2, 0.25) is 0 Å². The lowest BCUT2D eigenvalue weighted by molar-refractivity contribution is 0.104. The summed E-state index contributed by atoms with van der Waals surface area (Å²) in [4.78, 5) is 28.4. The summed E-state index contributed by atoms with van der Waals surface area (Å²) >= 11 is 0. The van der Waals surface area contributed by atoms with Gasteiger partial charge in [0.15, 0.2) is 0 Å². The van der Waals surface area contributed by atoms with Crippen molar-refractivity contribution in [1.29, 1.82) is 0 Å². The lowest BCUT2D eigenvalue weighted by Gasteiger charge is -2.23. The third-order valence-electron chi connectivity index (χ3n) is 6.21. The molecule has 4 heteroatoms. The van der Waals surface area contributed by atoms with Gasteiger partial charge in [0, 0.05) is 16.4 Å². The van der Waals surface area contributed by atoms with Crippen molar-refractivity contribution in [2.45, 2.75) is 61.3 Å². The number of benzene rings is 3. The van der Waals surface area contributed by atoms with E-state index in [1.807, 2.05) is 77.9 Å². The second-order valence-corrected chi connectivity index (χ2v) is 11.7. The Morgan fingerprint density at radius 1 is 0.697 bits per heavy atom. The summed E-state index contributed by atoms with van der Waals surface area (Å²) in [6.45, 7) is 13.4. The number of hydrogen-bond acceptors (Lipinski definition) is 3. The molecular weight excluding hydrogens is 427 g/mol. The average molecular weight is 461 g/mol. The maximum absolute atomic E-state index is 14.9. The summed E-state index contributed by atoms with van der Waals surface area (Å²) in [6, 6.07) is 14.8. The monoisotopic (exact) mass is 460 g/mol. The van der Waals surface area contributed by atoms with Crippen LogP contribution in [0.5, 0.6) is 0 Å². The van der Waals surface area contributed by atoms with Gasteiger partial charge in [-0.3, -0.25) is 9.59 Å². The maximum Gasteiger partial charge on any atom is 0.248 e. The third kappa shape index (κ3) is 4.52. The fraction of sp³-hybridized carbons (Fsp3) is 0.310. The molecule has 0 N–H and O–H groups in total. The Labute approximate surface area is 197 Å². The molecule has 0 aromatic heterocycles. The first-order chi connectivity index (χ1) is 15.5. The summed E-state index contributed by atoms with van der Waals surface area (Å²) in [7, 11) is -4.17. The van der Waals surface area contributed by atoms with E-state index >= 15 is 0 Å². The van der Waals surface area contributed by atoms with E-state index in [9.17, 15) is 14.2 Å². The van der Waals surface area contributed by atoms with Crippen LogP contribution < -0.4 is 5.30 Å². The normalized spacial score (nSPS) is 12.9. The summed E-state index contributed by atoms with van der Waals surface area (Å²) in [5, 5.41) is 0.335. The molecular formula is C29H33O3P. The van der Waals surface area contributed by atoms with Gasteiger partial charge in [0.2, 0.25) is 18.2 Å². The molecule has 0 heterocycles. The average Bonchev–Trinajstić information content (AvgIpc) is 2.72. The molecule has 0 bridgehead atoms. The molecule has 0 amide bonds. The SMILES string of the molecule is CCCc1cc(C)cc(C)c1C(=O)P(=O)(C(=O)c1c(C)cc(C)cc1C)c1ccccc1C. The molecule has 172 valence electrons. The van der Waals surface area contributed by atoms with Crippen molar-refractivity contribution in [2.75, 3.05) is 0 Å². The molecule has 1 unspecified atom stereocenters. The lowest BCUT2D eigenvalue weighted by Crippen LogP contribution is -2.25. The van der Waals surface area contributed by atoms with E-state index < -0.39 is 18.2 Å². The van der Waals surface area contributed by atoms with E-state index in [4.69, 9.17) is 0 Å². The fourth-order valence-electron chi connectivity index (χ4n) is 4.89. The molecule has 0 aliphatic heterocycles. The zero-order chi connectivity index (χ0) is 24.5. The summed E-state index contributed by atoms with van der Waals surface area (Å²) in [5.74, 6) is 0. The van der Waals surface area contributed by atoms with Crippen molar-refractivity contribution < 1.29 is 14.2 Å². The van der Waals surface area contributed by atoms with Gasteiger partial charge in [-0.05, 0) is 75.8 Å². The molecule has 0 fully saturated rings. The zero-order valence-electron chi connectivity index (χ0n) is 20.7. The van der Waals surface area contributed by atoms with Crippen molar-refractivity contribution in [1.82, 2.24) is 0 Å². The lowest BCUT2D eigenvalue weighted by atomic mass is 9.97. The fourth-order valence-corrected chi connectivity index (χ4v) is 7.68. The van der Waals surface area contributed by atoms with Crippen LogP contribution in [0.3, 0.4) is 0 Å². The third-order valence-corrected chi connectivity index (χ3v) is 8.98. The summed E-state index contributed by atoms with van der Waals surface area (Å²) in [6.07, 6.45) is 1.54. The van der Waals surface area contributed by atoms with Gasteiger partial charge < -0.3 is 4.57 Å². The van der Waals surface area contributed by atoms with Gasteiger partial charge in [-0.15, -0.1) is 0 Å². The van der Waals surface area contributed by atoms with E-state index in [-0.39, 0.29) is 0 Å². The highest BCUT2D eigenvalue weighted by Crippen LogP contribution is 2.53. The van der Waals surface area contributed by atoms with E-state index in [0.29, 0.717) is 28.4 Å². The summed E-state index contributed by atoms with van der Waals surface area (Å²) < 4.78 is 14.9. The van der Waals surface area contributed by atoms with Gasteiger partial charge >= 0.3 is 0 Å². The van der Waals surface area contributed by atoms with Gasteiger partial charge in [-0.25, -0.2) is 0 Å². The maximum atomic E-state index is 14.9. The molecule has 0 saturated carbocycles. The molecule has 0 aliphatic rings. The van der Waals surface area contributed by atoms with Crippen molar-refractivity contribution in [3.63, 3.8) is 0 Å². The Morgan fingerprint density at radius 3 is 1.73 bits per heavy atom. The van der Waals surface area contributed by atoms with Crippen molar-refractivity contribution >= 4 is 23.5 Å². The van der Waals surface area contributed by atoms with E-state index in [1.165, 1.54) is 0 Å². The minimum atomic E-state index is -4.17. The number of carbonyl (C=O) groups is 2. The second kappa shape index (κ2) is 9.61. The minimum absolute atomic E-state index is 0.335. The van der Waals surface area contributed by atoms with Gasteiger partial charge in [-0.1, -0.05) is 73.0 Å². The van der Waals surface area contributed by atoms with E-state index in [1.54, 1.807) is 12.1 Å². The van der Waals surface area contributed by atoms with Crippen LogP contribution in [0.1, 0.15) is 73.0 Å². The Kier molecular flexibility index (Phi) is 7.24. The van der Waals surface area contributed by atoms with Crippen molar-refractivity contribution in [3.05, 3.63) is 98.6 Å². The first kappa shape index (κ1) is 24.9. The topological polar surface area (TPSA) is 51.2 Å². The minimum Gasteiger partial charge on any atom is -0.302 e. The number of aryl methyl sites for hydroxylation is 7. The van der Waals surface area contributed by atoms with Crippen LogP contribution in [0.25, 0.3) is 0 Å². The van der Waals surface area contributed by atoms with Crippen molar-refractivity contribution in [3.8, 4) is 0 Å². The smallest absolute Gasteiger partial charge is 0.248 e. The molecule has 3 nitrogen and oxygen atoms in total. The van der Waals surface area contributed by atoms with Gasteiger partial charge in [0.25, 0.3) is 0 Å². The Balaban J connectivity index is 2.36. The Bertz CT molecular complexity index is 1280. The van der Waals surface area contributed by atoms with Crippen LogP contribution in [-0.4, -0.2) is 11.0 Å². The second-order valence-electron chi connectivity index (χ2n) is 9.15. The number of rotatable bonds is 7. The summed E-state index contributed by atoms with van der Waals surface area (Å²) in [5.41, 5.74) is 5.58.